The van der Waals surface area contributed by atoms with E-state index in [9.17, 15) is 0 Å². The molecule has 0 fully saturated rings. The average Bonchev–Trinajstić information content (AvgIpc) is 4.05. The number of nitrogens with zero attached hydrogens (tertiary/aromatic N) is 5. The van der Waals surface area contributed by atoms with E-state index >= 15 is 0 Å². The third kappa shape index (κ3) is 7.43. The molecular formula is C50H41N5S2. The highest BCUT2D eigenvalue weighted by molar-refractivity contribution is 7.19. The van der Waals surface area contributed by atoms with Gasteiger partial charge in [-0.05, 0) is 128 Å². The van der Waals surface area contributed by atoms with Crippen molar-refractivity contribution < 1.29 is 0 Å². The lowest BCUT2D eigenvalue weighted by molar-refractivity contribution is 0.407. The maximum atomic E-state index is 4.47. The molecule has 9 rings (SSSR count). The molecule has 4 aromatic carbocycles. The third-order valence-corrected chi connectivity index (χ3v) is 12.2. The molecule has 0 atom stereocenters. The molecule has 0 aliphatic carbocycles. The van der Waals surface area contributed by atoms with Crippen LogP contribution in [0.15, 0.2) is 195 Å². The number of benzene rings is 4. The molecule has 0 spiro atoms. The van der Waals surface area contributed by atoms with Crippen LogP contribution >= 0.6 is 22.7 Å². The van der Waals surface area contributed by atoms with Crippen LogP contribution in [0.4, 0.5) is 32.8 Å². The van der Waals surface area contributed by atoms with Crippen molar-refractivity contribution in [3.63, 3.8) is 0 Å². The second kappa shape index (κ2) is 15.5. The summed E-state index contributed by atoms with van der Waals surface area (Å²) in [6.45, 7) is 6.83. The van der Waals surface area contributed by atoms with Crippen LogP contribution < -0.4 is 9.80 Å². The monoisotopic (exact) mass is 775 g/mol. The topological polar surface area (TPSA) is 37.2 Å². The van der Waals surface area contributed by atoms with Gasteiger partial charge in [0.1, 0.15) is 10.0 Å². The Balaban J connectivity index is 1.04. The maximum absolute atomic E-state index is 4.47. The summed E-state index contributed by atoms with van der Waals surface area (Å²) < 4.78 is 2.46. The summed E-state index contributed by atoms with van der Waals surface area (Å²) in [6, 6.07) is 60.5. The van der Waals surface area contributed by atoms with Gasteiger partial charge in [-0.25, -0.2) is 0 Å². The second-order valence-corrected chi connectivity index (χ2v) is 16.9. The smallest absolute Gasteiger partial charge is 0.101 e. The van der Waals surface area contributed by atoms with Crippen molar-refractivity contribution in [2.24, 2.45) is 0 Å². The number of aromatic nitrogens is 3. The van der Waals surface area contributed by atoms with E-state index in [1.54, 1.807) is 22.7 Å². The minimum atomic E-state index is -0.176. The van der Waals surface area contributed by atoms with Gasteiger partial charge >= 0.3 is 0 Å². The molecule has 5 aromatic heterocycles. The lowest BCUT2D eigenvalue weighted by Crippen LogP contribution is -2.23. The molecule has 0 radical (unpaired) electrons. The van der Waals surface area contributed by atoms with Gasteiger partial charge in [-0.1, -0.05) is 84.9 Å². The molecular weight excluding hydrogens is 735 g/mol. The Kier molecular flexibility index (Phi) is 9.85. The first-order valence-corrected chi connectivity index (χ1v) is 20.7. The van der Waals surface area contributed by atoms with E-state index in [1.807, 2.05) is 36.9 Å². The molecule has 5 heterocycles. The van der Waals surface area contributed by atoms with Gasteiger partial charge < -0.3 is 14.4 Å². The molecule has 0 saturated carbocycles. The number of thiophene rings is 2. The highest BCUT2D eigenvalue weighted by Crippen LogP contribution is 2.44. The summed E-state index contributed by atoms with van der Waals surface area (Å²) in [5, 5.41) is 2.27. The Hall–Kier alpha value is -6.54. The highest BCUT2D eigenvalue weighted by atomic mass is 32.1. The minimum absolute atomic E-state index is 0.176. The third-order valence-electron chi connectivity index (χ3n) is 9.94. The molecule has 0 bridgehead atoms. The Labute approximate surface area is 342 Å². The number of pyridine rings is 2. The van der Waals surface area contributed by atoms with Gasteiger partial charge in [0, 0.05) is 50.4 Å². The van der Waals surface area contributed by atoms with Crippen molar-refractivity contribution in [3.8, 4) is 43.4 Å². The fraction of sp³-hybridized carbons (Fsp3) is 0.0800. The van der Waals surface area contributed by atoms with E-state index in [2.05, 4.69) is 203 Å². The van der Waals surface area contributed by atoms with Crippen LogP contribution in [0.1, 0.15) is 20.8 Å². The van der Waals surface area contributed by atoms with Crippen molar-refractivity contribution in [1.29, 1.82) is 0 Å². The molecule has 5 nitrogen and oxygen atoms in total. The maximum Gasteiger partial charge on any atom is 0.101 e. The molecule has 0 aliphatic heterocycles. The lowest BCUT2D eigenvalue weighted by Gasteiger charge is -2.28. The normalized spacial score (nSPS) is 11.4. The van der Waals surface area contributed by atoms with E-state index in [0.29, 0.717) is 0 Å². The van der Waals surface area contributed by atoms with E-state index in [1.165, 1.54) is 32.3 Å². The molecule has 9 aromatic rings. The summed E-state index contributed by atoms with van der Waals surface area (Å²) in [7, 11) is 0. The minimum Gasteiger partial charge on any atom is -0.335 e. The zero-order valence-electron chi connectivity index (χ0n) is 32.0. The Morgan fingerprint density at radius 3 is 1.19 bits per heavy atom. The van der Waals surface area contributed by atoms with E-state index in [0.717, 1.165) is 43.9 Å². The molecule has 0 amide bonds. The van der Waals surface area contributed by atoms with Crippen LogP contribution in [0, 0.1) is 0 Å². The summed E-state index contributed by atoms with van der Waals surface area (Å²) in [6.07, 6.45) is 7.50. The number of hydrogen-bond acceptors (Lipinski definition) is 6. The second-order valence-electron chi connectivity index (χ2n) is 14.8. The SMILES string of the molecule is CC(C)(C)n1c(-c2ccc(N(c3cccnc3)c3ccc(-c4ccccc4)s3)cc2)ccc1-c1ccc(N(c2cccnc2)c2ccc(-c3ccccc3)s2)cc1. The van der Waals surface area contributed by atoms with Crippen LogP contribution in [-0.2, 0) is 5.54 Å². The first kappa shape index (κ1) is 36.1. The fourth-order valence-corrected chi connectivity index (χ4v) is 9.47. The predicted molar refractivity (Wildman–Crippen MR) is 242 cm³/mol. The van der Waals surface area contributed by atoms with Gasteiger partial charge in [0.05, 0.1) is 23.8 Å². The van der Waals surface area contributed by atoms with Crippen molar-refractivity contribution in [3.05, 3.63) is 195 Å². The van der Waals surface area contributed by atoms with Gasteiger partial charge in [0.15, 0.2) is 0 Å². The van der Waals surface area contributed by atoms with Gasteiger partial charge in [-0.15, -0.1) is 22.7 Å². The van der Waals surface area contributed by atoms with Crippen molar-refractivity contribution in [1.82, 2.24) is 14.5 Å². The molecule has 0 aliphatic rings. The van der Waals surface area contributed by atoms with Gasteiger partial charge in [0.25, 0.3) is 0 Å². The van der Waals surface area contributed by atoms with Crippen LogP contribution in [0.3, 0.4) is 0 Å². The van der Waals surface area contributed by atoms with E-state index in [-0.39, 0.29) is 5.54 Å². The van der Waals surface area contributed by atoms with E-state index < -0.39 is 0 Å². The average molecular weight is 776 g/mol. The van der Waals surface area contributed by atoms with Gasteiger partial charge in [-0.3, -0.25) is 9.97 Å². The van der Waals surface area contributed by atoms with Crippen molar-refractivity contribution in [2.45, 2.75) is 26.3 Å². The first-order chi connectivity index (χ1) is 27.9. The summed E-state index contributed by atoms with van der Waals surface area (Å²) in [5.41, 5.74) is 11.1. The van der Waals surface area contributed by atoms with Gasteiger partial charge in [0.2, 0.25) is 0 Å². The van der Waals surface area contributed by atoms with Crippen LogP contribution in [0.5, 0.6) is 0 Å². The van der Waals surface area contributed by atoms with Crippen LogP contribution in [0.25, 0.3) is 43.4 Å². The fourth-order valence-electron chi connectivity index (χ4n) is 7.36. The number of rotatable bonds is 10. The lowest BCUT2D eigenvalue weighted by atomic mass is 10.0. The van der Waals surface area contributed by atoms with E-state index in [4.69, 9.17) is 0 Å². The molecule has 0 unspecified atom stereocenters. The quantitative estimate of drug-likeness (QED) is 0.139. The standard InChI is InChI=1S/C50H41N5S2/c1-50(2,3)55-44(36-18-22-40(23-19-36)53(42-16-10-32-51-34-42)48-30-28-46(56-48)38-12-6-4-7-13-38)26-27-45(55)37-20-24-41(25-21-37)54(43-17-11-33-52-35-43)49-31-29-47(57-49)39-14-8-5-9-15-39/h4-35H,1-3H3. The van der Waals surface area contributed by atoms with Crippen LogP contribution in [0.2, 0.25) is 0 Å². The molecule has 0 N–H and O–H groups in total. The zero-order valence-corrected chi connectivity index (χ0v) is 33.7. The number of hydrogen-bond donors (Lipinski definition) is 0. The first-order valence-electron chi connectivity index (χ1n) is 19.0. The highest BCUT2D eigenvalue weighted by Gasteiger charge is 2.24. The molecule has 278 valence electrons. The Morgan fingerprint density at radius 2 is 0.825 bits per heavy atom. The Morgan fingerprint density at radius 1 is 0.404 bits per heavy atom. The summed E-state index contributed by atoms with van der Waals surface area (Å²) in [4.78, 5) is 16.0. The van der Waals surface area contributed by atoms with Crippen molar-refractivity contribution in [2.75, 3.05) is 9.80 Å². The van der Waals surface area contributed by atoms with Gasteiger partial charge in [-0.2, -0.15) is 0 Å². The molecule has 57 heavy (non-hydrogen) atoms. The summed E-state index contributed by atoms with van der Waals surface area (Å²) in [5.74, 6) is 0. The van der Waals surface area contributed by atoms with Crippen molar-refractivity contribution >= 4 is 55.4 Å². The molecule has 0 saturated heterocycles. The predicted octanol–water partition coefficient (Wildman–Crippen LogP) is 14.8. The molecule has 7 heteroatoms. The largest absolute Gasteiger partial charge is 0.335 e. The van der Waals surface area contributed by atoms with Crippen LogP contribution in [-0.4, -0.2) is 14.5 Å². The Bertz CT molecular complexity index is 2510. The summed E-state index contributed by atoms with van der Waals surface area (Å²) >= 11 is 3.56. The number of anilines is 6. The zero-order chi connectivity index (χ0) is 38.8.